The normalized spacial score (nSPS) is 11.2. The Bertz CT molecular complexity index is 910. The van der Waals surface area contributed by atoms with Gasteiger partial charge in [-0.05, 0) is 23.3 Å². The summed E-state index contributed by atoms with van der Waals surface area (Å²) >= 11 is 0. The Labute approximate surface area is 115 Å². The van der Waals surface area contributed by atoms with Crippen LogP contribution in [0.5, 0.6) is 0 Å². The minimum absolute atomic E-state index is 0.502. The van der Waals surface area contributed by atoms with Gasteiger partial charge in [-0.2, -0.15) is 0 Å². The first-order valence-electron chi connectivity index (χ1n) is 6.40. The van der Waals surface area contributed by atoms with E-state index in [1.807, 2.05) is 28.7 Å². The summed E-state index contributed by atoms with van der Waals surface area (Å²) in [5.41, 5.74) is 11.0. The summed E-state index contributed by atoms with van der Waals surface area (Å²) in [6, 6.07) is 16.4. The number of nitrogens with two attached hydrogens (primary N) is 1. The molecule has 2 N–H and O–H groups in total. The number of benzene rings is 2. The van der Waals surface area contributed by atoms with Gasteiger partial charge in [-0.25, -0.2) is 9.97 Å². The van der Waals surface area contributed by atoms with Gasteiger partial charge in [0.1, 0.15) is 11.3 Å². The van der Waals surface area contributed by atoms with Crippen molar-refractivity contribution in [2.24, 2.45) is 0 Å². The molecule has 0 atom stereocenters. The minimum atomic E-state index is 0.502. The number of fused-ring (bicyclic) bond motifs is 3. The van der Waals surface area contributed by atoms with Crippen LogP contribution in [0, 0.1) is 0 Å². The predicted molar refractivity (Wildman–Crippen MR) is 80.3 cm³/mol. The third-order valence-electron chi connectivity index (χ3n) is 3.48. The Hall–Kier alpha value is -2.88. The van der Waals surface area contributed by atoms with Crippen LogP contribution in [-0.2, 0) is 0 Å². The van der Waals surface area contributed by atoms with Gasteiger partial charge in [0, 0.05) is 0 Å². The molecule has 0 aliphatic heterocycles. The maximum Gasteiger partial charge on any atom is 0.150 e. The molecule has 0 amide bonds. The first-order valence-corrected chi connectivity index (χ1v) is 6.40. The highest BCUT2D eigenvalue weighted by atomic mass is 15.0. The van der Waals surface area contributed by atoms with Gasteiger partial charge < -0.3 is 5.73 Å². The minimum Gasteiger partial charge on any atom is -0.382 e. The fourth-order valence-electron chi connectivity index (χ4n) is 2.48. The number of rotatable bonds is 1. The number of aromatic nitrogens is 3. The number of hydrogen-bond donors (Lipinski definition) is 1. The van der Waals surface area contributed by atoms with Crippen LogP contribution >= 0.6 is 0 Å². The Kier molecular flexibility index (Phi) is 2.23. The van der Waals surface area contributed by atoms with Gasteiger partial charge >= 0.3 is 0 Å². The van der Waals surface area contributed by atoms with Crippen molar-refractivity contribution in [1.29, 1.82) is 0 Å². The monoisotopic (exact) mass is 260 g/mol. The van der Waals surface area contributed by atoms with Gasteiger partial charge in [-0.15, -0.1) is 0 Å². The fraction of sp³-hybridized carbons (Fsp3) is 0. The molecule has 0 saturated carbocycles. The molecular weight excluding hydrogens is 248 g/mol. The van der Waals surface area contributed by atoms with E-state index in [2.05, 4.69) is 34.2 Å². The van der Waals surface area contributed by atoms with Crippen LogP contribution in [0.3, 0.4) is 0 Å². The average molecular weight is 260 g/mol. The van der Waals surface area contributed by atoms with E-state index in [-0.39, 0.29) is 0 Å². The maximum absolute atomic E-state index is 5.94. The lowest BCUT2D eigenvalue weighted by Gasteiger charge is -2.07. The lowest BCUT2D eigenvalue weighted by atomic mass is 10.1. The molecule has 0 bridgehead atoms. The molecule has 20 heavy (non-hydrogen) atoms. The van der Waals surface area contributed by atoms with Crippen LogP contribution in [0.15, 0.2) is 61.1 Å². The van der Waals surface area contributed by atoms with Crippen molar-refractivity contribution in [1.82, 2.24) is 14.4 Å². The smallest absolute Gasteiger partial charge is 0.150 e. The van der Waals surface area contributed by atoms with Gasteiger partial charge in [0.2, 0.25) is 0 Å². The SMILES string of the molecule is Nc1nc2ccc(-c3ccccc3)cc2n2cncc12. The van der Waals surface area contributed by atoms with Crippen LogP contribution in [0.4, 0.5) is 5.82 Å². The van der Waals surface area contributed by atoms with Gasteiger partial charge in [-0.1, -0.05) is 36.4 Å². The number of nitrogen functional groups attached to an aromatic ring is 1. The molecule has 4 nitrogen and oxygen atoms in total. The Balaban J connectivity index is 2.06. The van der Waals surface area contributed by atoms with Gasteiger partial charge in [-0.3, -0.25) is 4.40 Å². The van der Waals surface area contributed by atoms with E-state index >= 15 is 0 Å². The van der Waals surface area contributed by atoms with Crippen LogP contribution in [0.1, 0.15) is 0 Å². The molecule has 96 valence electrons. The number of imidazole rings is 1. The van der Waals surface area contributed by atoms with E-state index in [4.69, 9.17) is 5.73 Å². The summed E-state index contributed by atoms with van der Waals surface area (Å²) in [4.78, 5) is 8.59. The Morgan fingerprint density at radius 1 is 0.900 bits per heavy atom. The molecule has 2 aromatic heterocycles. The second-order valence-corrected chi connectivity index (χ2v) is 4.72. The summed E-state index contributed by atoms with van der Waals surface area (Å²) in [5, 5.41) is 0. The number of nitrogens with zero attached hydrogens (tertiary/aromatic N) is 3. The van der Waals surface area contributed by atoms with E-state index in [0.717, 1.165) is 22.1 Å². The van der Waals surface area contributed by atoms with E-state index in [1.54, 1.807) is 12.5 Å². The number of hydrogen-bond acceptors (Lipinski definition) is 3. The average Bonchev–Trinajstić information content (AvgIpc) is 2.98. The highest BCUT2D eigenvalue weighted by Gasteiger charge is 2.07. The molecule has 4 rings (SSSR count). The summed E-state index contributed by atoms with van der Waals surface area (Å²) in [5.74, 6) is 0.502. The summed E-state index contributed by atoms with van der Waals surface area (Å²) in [6.45, 7) is 0. The van der Waals surface area contributed by atoms with E-state index in [9.17, 15) is 0 Å². The van der Waals surface area contributed by atoms with Crippen molar-refractivity contribution in [2.75, 3.05) is 5.73 Å². The highest BCUT2D eigenvalue weighted by Crippen LogP contribution is 2.25. The lowest BCUT2D eigenvalue weighted by Crippen LogP contribution is -1.97. The zero-order valence-electron chi connectivity index (χ0n) is 10.7. The van der Waals surface area contributed by atoms with E-state index < -0.39 is 0 Å². The molecule has 0 spiro atoms. The molecule has 0 radical (unpaired) electrons. The summed E-state index contributed by atoms with van der Waals surface area (Å²) in [6.07, 6.45) is 3.50. The summed E-state index contributed by atoms with van der Waals surface area (Å²) in [7, 11) is 0. The van der Waals surface area contributed by atoms with Crippen LogP contribution in [0.2, 0.25) is 0 Å². The van der Waals surface area contributed by atoms with Gasteiger partial charge in [0.15, 0.2) is 0 Å². The predicted octanol–water partition coefficient (Wildman–Crippen LogP) is 3.13. The second-order valence-electron chi connectivity index (χ2n) is 4.72. The van der Waals surface area contributed by atoms with Crippen LogP contribution in [-0.4, -0.2) is 14.4 Å². The summed E-state index contributed by atoms with van der Waals surface area (Å²) < 4.78 is 1.98. The molecule has 4 heteroatoms. The molecule has 0 aliphatic rings. The maximum atomic E-state index is 5.94. The van der Waals surface area contributed by atoms with Crippen molar-refractivity contribution >= 4 is 22.4 Å². The standard InChI is InChI=1S/C16H12N4/c17-16-15-9-18-10-20(15)14-8-12(6-7-13(14)19-16)11-4-2-1-3-5-11/h1-10H,(H2,17,19). The molecular formula is C16H12N4. The Morgan fingerprint density at radius 2 is 1.75 bits per heavy atom. The van der Waals surface area contributed by atoms with Crippen molar-refractivity contribution in [3.63, 3.8) is 0 Å². The van der Waals surface area contributed by atoms with E-state index in [0.29, 0.717) is 5.82 Å². The zero-order valence-corrected chi connectivity index (χ0v) is 10.7. The largest absolute Gasteiger partial charge is 0.382 e. The zero-order chi connectivity index (χ0) is 13.5. The quantitative estimate of drug-likeness (QED) is 0.572. The molecule has 0 fully saturated rings. The van der Waals surface area contributed by atoms with Crippen molar-refractivity contribution in [3.8, 4) is 11.1 Å². The van der Waals surface area contributed by atoms with E-state index in [1.165, 1.54) is 5.56 Å². The first-order chi connectivity index (χ1) is 9.83. The fourth-order valence-corrected chi connectivity index (χ4v) is 2.48. The molecule has 2 heterocycles. The highest BCUT2D eigenvalue weighted by molar-refractivity contribution is 5.87. The van der Waals surface area contributed by atoms with Gasteiger partial charge in [0.05, 0.1) is 23.6 Å². The Morgan fingerprint density at radius 3 is 2.60 bits per heavy atom. The first kappa shape index (κ1) is 11.0. The van der Waals surface area contributed by atoms with Crippen LogP contribution < -0.4 is 5.73 Å². The lowest BCUT2D eigenvalue weighted by molar-refractivity contribution is 1.19. The molecule has 0 saturated heterocycles. The second kappa shape index (κ2) is 4.06. The van der Waals surface area contributed by atoms with Crippen molar-refractivity contribution in [3.05, 3.63) is 61.1 Å². The van der Waals surface area contributed by atoms with Gasteiger partial charge in [0.25, 0.3) is 0 Å². The molecule has 0 aliphatic carbocycles. The number of anilines is 1. The topological polar surface area (TPSA) is 56.2 Å². The molecule has 4 aromatic rings. The molecule has 2 aromatic carbocycles. The molecule has 0 unspecified atom stereocenters. The van der Waals surface area contributed by atoms with Crippen molar-refractivity contribution in [2.45, 2.75) is 0 Å². The van der Waals surface area contributed by atoms with Crippen molar-refractivity contribution < 1.29 is 0 Å². The third kappa shape index (κ3) is 1.55. The third-order valence-corrected chi connectivity index (χ3v) is 3.48. The van der Waals surface area contributed by atoms with Crippen LogP contribution in [0.25, 0.3) is 27.7 Å².